The highest BCUT2D eigenvalue weighted by Gasteiger charge is 2.11. The minimum Gasteiger partial charge on any atom is -0.466 e. The summed E-state index contributed by atoms with van der Waals surface area (Å²) in [5.74, 6) is 1.90. The Morgan fingerprint density at radius 3 is 2.71 bits per heavy atom. The van der Waals surface area contributed by atoms with Crippen LogP contribution >= 0.6 is 11.6 Å². The maximum atomic E-state index is 5.67. The van der Waals surface area contributed by atoms with Crippen molar-refractivity contribution in [3.8, 4) is 0 Å². The van der Waals surface area contributed by atoms with Crippen molar-refractivity contribution in [2.24, 2.45) is 0 Å². The van der Waals surface area contributed by atoms with Gasteiger partial charge < -0.3 is 9.73 Å². The van der Waals surface area contributed by atoms with E-state index in [1.54, 1.807) is 0 Å². The lowest BCUT2D eigenvalue weighted by molar-refractivity contribution is 0.493. The number of halogens is 1. The van der Waals surface area contributed by atoms with Crippen LogP contribution in [-0.2, 0) is 0 Å². The van der Waals surface area contributed by atoms with Crippen LogP contribution in [0.25, 0.3) is 0 Å². The summed E-state index contributed by atoms with van der Waals surface area (Å²) in [7, 11) is 0. The average Bonchev–Trinajstić information content (AvgIpc) is 2.41. The van der Waals surface area contributed by atoms with E-state index in [1.807, 2.05) is 19.9 Å². The number of hydrogen-bond acceptors (Lipinski definition) is 2. The molecule has 1 heterocycles. The monoisotopic (exact) mass is 213 g/mol. The molecule has 1 aromatic heterocycles. The summed E-state index contributed by atoms with van der Waals surface area (Å²) in [4.78, 5) is 0. The second-order valence-electron chi connectivity index (χ2n) is 3.49. The lowest BCUT2D eigenvalue weighted by Crippen LogP contribution is -2.19. The van der Waals surface area contributed by atoms with Gasteiger partial charge in [-0.15, -0.1) is 0 Å². The predicted molar refractivity (Wildman–Crippen MR) is 59.6 cm³/mol. The fourth-order valence-electron chi connectivity index (χ4n) is 1.45. The highest BCUT2D eigenvalue weighted by molar-refractivity contribution is 6.29. The van der Waals surface area contributed by atoms with Crippen LogP contribution in [0.5, 0.6) is 0 Å². The predicted octanol–water partition coefficient (Wildman–Crippen LogP) is 3.30. The molecule has 1 N–H and O–H groups in total. The third-order valence-corrected chi connectivity index (χ3v) is 2.28. The van der Waals surface area contributed by atoms with Crippen LogP contribution in [0.1, 0.15) is 30.0 Å². The number of rotatable bonds is 4. The van der Waals surface area contributed by atoms with E-state index in [2.05, 4.69) is 18.8 Å². The van der Waals surface area contributed by atoms with Gasteiger partial charge in [0.15, 0.2) is 0 Å². The summed E-state index contributed by atoms with van der Waals surface area (Å²) in [6.45, 7) is 10.2. The minimum absolute atomic E-state index is 0.239. The van der Waals surface area contributed by atoms with E-state index in [0.717, 1.165) is 11.5 Å². The van der Waals surface area contributed by atoms with E-state index in [-0.39, 0.29) is 6.04 Å². The quantitative estimate of drug-likeness (QED) is 0.830. The SMILES string of the molecule is C=C(Cl)CNC(C)c1cc(C)oc1C. The number of nitrogens with one attached hydrogen (secondary N) is 1. The van der Waals surface area contributed by atoms with Gasteiger partial charge in [0.2, 0.25) is 0 Å². The molecule has 0 aliphatic heterocycles. The van der Waals surface area contributed by atoms with Gasteiger partial charge in [0, 0.05) is 23.2 Å². The Bertz CT molecular complexity index is 330. The van der Waals surface area contributed by atoms with Gasteiger partial charge in [0.25, 0.3) is 0 Å². The first kappa shape index (κ1) is 11.3. The zero-order chi connectivity index (χ0) is 10.7. The standard InChI is InChI=1S/C11H16ClNO/c1-7(12)6-13-9(3)11-5-8(2)14-10(11)4/h5,9,13H,1,6H2,2-4H3. The van der Waals surface area contributed by atoms with Gasteiger partial charge in [-0.25, -0.2) is 0 Å². The molecule has 1 aromatic rings. The maximum Gasteiger partial charge on any atom is 0.105 e. The van der Waals surface area contributed by atoms with Crippen LogP contribution in [0.3, 0.4) is 0 Å². The summed E-state index contributed by atoms with van der Waals surface area (Å²) < 4.78 is 5.45. The summed E-state index contributed by atoms with van der Waals surface area (Å²) in [5, 5.41) is 3.88. The van der Waals surface area contributed by atoms with Crippen LogP contribution < -0.4 is 5.32 Å². The molecular formula is C11H16ClNO. The van der Waals surface area contributed by atoms with Crippen molar-refractivity contribution in [2.45, 2.75) is 26.8 Å². The fourth-order valence-corrected chi connectivity index (χ4v) is 1.53. The molecule has 0 fully saturated rings. The van der Waals surface area contributed by atoms with Gasteiger partial charge in [-0.2, -0.15) is 0 Å². The minimum atomic E-state index is 0.239. The van der Waals surface area contributed by atoms with E-state index in [1.165, 1.54) is 5.56 Å². The molecule has 1 atom stereocenters. The van der Waals surface area contributed by atoms with Crippen LogP contribution in [0, 0.1) is 13.8 Å². The van der Waals surface area contributed by atoms with Crippen molar-refractivity contribution in [3.05, 3.63) is 34.8 Å². The normalized spacial score (nSPS) is 12.9. The molecule has 0 radical (unpaired) electrons. The first-order chi connectivity index (χ1) is 6.50. The van der Waals surface area contributed by atoms with E-state index in [9.17, 15) is 0 Å². The van der Waals surface area contributed by atoms with Crippen molar-refractivity contribution in [3.63, 3.8) is 0 Å². The van der Waals surface area contributed by atoms with Crippen molar-refractivity contribution in [2.75, 3.05) is 6.54 Å². The molecule has 14 heavy (non-hydrogen) atoms. The van der Waals surface area contributed by atoms with Crippen molar-refractivity contribution in [1.82, 2.24) is 5.32 Å². The van der Waals surface area contributed by atoms with Crippen molar-refractivity contribution in [1.29, 1.82) is 0 Å². The highest BCUT2D eigenvalue weighted by Crippen LogP contribution is 2.21. The van der Waals surface area contributed by atoms with Gasteiger partial charge in [0.1, 0.15) is 11.5 Å². The largest absolute Gasteiger partial charge is 0.466 e. The Labute approximate surface area is 89.9 Å². The molecule has 1 rings (SSSR count). The Hall–Kier alpha value is -0.730. The molecule has 78 valence electrons. The fraction of sp³-hybridized carbons (Fsp3) is 0.455. The second kappa shape index (κ2) is 4.67. The van der Waals surface area contributed by atoms with Crippen LogP contribution in [-0.4, -0.2) is 6.54 Å². The topological polar surface area (TPSA) is 25.2 Å². The maximum absolute atomic E-state index is 5.67. The molecule has 0 aromatic carbocycles. The first-order valence-corrected chi connectivity index (χ1v) is 5.02. The Kier molecular flexibility index (Phi) is 3.78. The molecule has 0 aliphatic rings. The first-order valence-electron chi connectivity index (χ1n) is 4.64. The molecule has 0 aliphatic carbocycles. The van der Waals surface area contributed by atoms with E-state index >= 15 is 0 Å². The van der Waals surface area contributed by atoms with Crippen molar-refractivity contribution >= 4 is 11.6 Å². The number of furan rings is 1. The zero-order valence-corrected chi connectivity index (χ0v) is 9.61. The van der Waals surface area contributed by atoms with Gasteiger partial charge in [-0.1, -0.05) is 18.2 Å². The summed E-state index contributed by atoms with van der Waals surface area (Å²) in [5.41, 5.74) is 1.18. The third kappa shape index (κ3) is 2.89. The van der Waals surface area contributed by atoms with Crippen LogP contribution in [0.4, 0.5) is 0 Å². The Morgan fingerprint density at radius 2 is 2.29 bits per heavy atom. The molecule has 0 amide bonds. The molecule has 0 saturated heterocycles. The smallest absolute Gasteiger partial charge is 0.105 e. The molecular weight excluding hydrogens is 198 g/mol. The lowest BCUT2D eigenvalue weighted by atomic mass is 10.1. The zero-order valence-electron chi connectivity index (χ0n) is 8.86. The van der Waals surface area contributed by atoms with E-state index in [0.29, 0.717) is 11.6 Å². The second-order valence-corrected chi connectivity index (χ2v) is 4.02. The van der Waals surface area contributed by atoms with Gasteiger partial charge in [-0.05, 0) is 26.8 Å². The summed E-state index contributed by atoms with van der Waals surface area (Å²) in [6.07, 6.45) is 0. The third-order valence-electron chi connectivity index (χ3n) is 2.15. The van der Waals surface area contributed by atoms with Gasteiger partial charge >= 0.3 is 0 Å². The van der Waals surface area contributed by atoms with E-state index in [4.69, 9.17) is 16.0 Å². The number of hydrogen-bond donors (Lipinski definition) is 1. The molecule has 3 heteroatoms. The summed E-state index contributed by atoms with van der Waals surface area (Å²) in [6, 6.07) is 2.28. The molecule has 0 spiro atoms. The Morgan fingerprint density at radius 1 is 1.64 bits per heavy atom. The number of aryl methyl sites for hydroxylation is 2. The lowest BCUT2D eigenvalue weighted by Gasteiger charge is -2.11. The van der Waals surface area contributed by atoms with Gasteiger partial charge in [-0.3, -0.25) is 0 Å². The molecule has 1 unspecified atom stereocenters. The van der Waals surface area contributed by atoms with Crippen LogP contribution in [0.2, 0.25) is 0 Å². The molecule has 0 bridgehead atoms. The Balaban J connectivity index is 2.64. The summed E-state index contributed by atoms with van der Waals surface area (Å²) >= 11 is 5.67. The highest BCUT2D eigenvalue weighted by atomic mass is 35.5. The van der Waals surface area contributed by atoms with E-state index < -0.39 is 0 Å². The van der Waals surface area contributed by atoms with Crippen LogP contribution in [0.15, 0.2) is 22.1 Å². The molecule has 0 saturated carbocycles. The van der Waals surface area contributed by atoms with Crippen molar-refractivity contribution < 1.29 is 4.42 Å². The van der Waals surface area contributed by atoms with Gasteiger partial charge in [0.05, 0.1) is 0 Å². The average molecular weight is 214 g/mol. The molecule has 2 nitrogen and oxygen atoms in total.